The van der Waals surface area contributed by atoms with Crippen LogP contribution in [0.25, 0.3) is 10.9 Å². The molecule has 0 saturated carbocycles. The Kier molecular flexibility index (Phi) is 3.18. The van der Waals surface area contributed by atoms with Crippen LogP contribution in [0.15, 0.2) is 18.2 Å². The second-order valence-corrected chi connectivity index (χ2v) is 4.03. The number of fused-ring (bicyclic) bond motifs is 3. The maximum atomic E-state index is 11.6. The molecule has 1 aliphatic rings. The highest BCUT2D eigenvalue weighted by molar-refractivity contribution is 6.02. The summed E-state index contributed by atoms with van der Waals surface area (Å²) in [6.45, 7) is 6.81. The van der Waals surface area contributed by atoms with E-state index in [4.69, 9.17) is 0 Å². The molecule has 0 atom stereocenters. The molecule has 0 saturated heterocycles. The Morgan fingerprint density at radius 2 is 2.00 bits per heavy atom. The van der Waals surface area contributed by atoms with E-state index in [9.17, 15) is 4.79 Å². The molecular weight excluding hydrogens is 212 g/mol. The van der Waals surface area contributed by atoms with Crippen molar-refractivity contribution in [1.29, 1.82) is 0 Å². The topological polar surface area (TPSA) is 44.9 Å². The first-order chi connectivity index (χ1) is 8.25. The first-order valence-electron chi connectivity index (χ1n) is 6.15. The molecule has 0 fully saturated rings. The zero-order chi connectivity index (χ0) is 12.4. The van der Waals surface area contributed by atoms with Crippen molar-refractivity contribution in [3.8, 4) is 0 Å². The Morgan fingerprint density at radius 3 is 2.76 bits per heavy atom. The van der Waals surface area contributed by atoms with Gasteiger partial charge < -0.3 is 10.3 Å². The van der Waals surface area contributed by atoms with Gasteiger partial charge >= 0.3 is 0 Å². The van der Waals surface area contributed by atoms with Gasteiger partial charge in [-0.25, -0.2) is 0 Å². The molecule has 1 aliphatic heterocycles. The molecule has 0 aliphatic carbocycles. The molecule has 17 heavy (non-hydrogen) atoms. The number of H-pyrrole nitrogens is 1. The number of amides is 1. The van der Waals surface area contributed by atoms with E-state index in [1.54, 1.807) is 0 Å². The minimum Gasteiger partial charge on any atom is -0.350 e. The van der Waals surface area contributed by atoms with Gasteiger partial charge in [-0.15, -0.1) is 0 Å². The lowest BCUT2D eigenvalue weighted by molar-refractivity contribution is 0.0942. The third-order valence-electron chi connectivity index (χ3n) is 2.95. The molecule has 0 spiro atoms. The standard InChI is InChI=1S/C12H12N2O.C2H6/c1-7-2-3-10-9(6-7)8-4-5-13-12(15)11(8)14-10;1-2/h2-3,6,14H,4-5H2,1H3,(H,13,15);1-2H3. The average molecular weight is 230 g/mol. The number of benzene rings is 1. The SMILES string of the molecule is CC.Cc1ccc2[nH]c3c(c2c1)CCNC3=O. The second kappa shape index (κ2) is 4.62. The molecule has 1 aromatic carbocycles. The number of rotatable bonds is 0. The van der Waals surface area contributed by atoms with Crippen LogP contribution in [0.1, 0.15) is 35.5 Å². The maximum Gasteiger partial charge on any atom is 0.268 e. The van der Waals surface area contributed by atoms with Gasteiger partial charge in [-0.3, -0.25) is 4.79 Å². The van der Waals surface area contributed by atoms with Crippen molar-refractivity contribution in [2.24, 2.45) is 0 Å². The highest BCUT2D eigenvalue weighted by Gasteiger charge is 2.21. The van der Waals surface area contributed by atoms with Crippen LogP contribution in [-0.4, -0.2) is 17.4 Å². The summed E-state index contributed by atoms with van der Waals surface area (Å²) < 4.78 is 0. The number of hydrogen-bond acceptors (Lipinski definition) is 1. The smallest absolute Gasteiger partial charge is 0.268 e. The van der Waals surface area contributed by atoms with Crippen molar-refractivity contribution in [3.05, 3.63) is 35.0 Å². The van der Waals surface area contributed by atoms with Gasteiger partial charge in [0.2, 0.25) is 0 Å². The van der Waals surface area contributed by atoms with Crippen LogP contribution < -0.4 is 5.32 Å². The fourth-order valence-corrected chi connectivity index (χ4v) is 2.20. The summed E-state index contributed by atoms with van der Waals surface area (Å²) in [7, 11) is 0. The van der Waals surface area contributed by atoms with Crippen molar-refractivity contribution in [3.63, 3.8) is 0 Å². The first kappa shape index (κ1) is 11.7. The average Bonchev–Trinajstić information content (AvgIpc) is 2.72. The van der Waals surface area contributed by atoms with Crippen molar-refractivity contribution in [2.45, 2.75) is 27.2 Å². The van der Waals surface area contributed by atoms with Gasteiger partial charge in [0.25, 0.3) is 5.91 Å². The predicted molar refractivity (Wildman–Crippen MR) is 70.4 cm³/mol. The summed E-state index contributed by atoms with van der Waals surface area (Å²) in [6, 6.07) is 6.24. The first-order valence-corrected chi connectivity index (χ1v) is 6.15. The lowest BCUT2D eigenvalue weighted by Gasteiger charge is -2.11. The van der Waals surface area contributed by atoms with Crippen molar-refractivity contribution in [2.75, 3.05) is 6.54 Å². The summed E-state index contributed by atoms with van der Waals surface area (Å²) in [5, 5.41) is 4.04. The minimum absolute atomic E-state index is 0.0186. The predicted octanol–water partition coefficient (Wildman–Crippen LogP) is 2.79. The molecule has 1 aromatic heterocycles. The molecule has 2 aromatic rings. The summed E-state index contributed by atoms with van der Waals surface area (Å²) in [5.74, 6) is 0.0186. The van der Waals surface area contributed by atoms with E-state index in [0.29, 0.717) is 0 Å². The van der Waals surface area contributed by atoms with Crippen molar-refractivity contribution in [1.82, 2.24) is 10.3 Å². The van der Waals surface area contributed by atoms with Crippen LogP contribution in [-0.2, 0) is 6.42 Å². The van der Waals surface area contributed by atoms with Gasteiger partial charge in [0.05, 0.1) is 0 Å². The van der Waals surface area contributed by atoms with Gasteiger partial charge in [0, 0.05) is 17.4 Å². The van der Waals surface area contributed by atoms with E-state index < -0.39 is 0 Å². The van der Waals surface area contributed by atoms with Crippen molar-refractivity contribution < 1.29 is 4.79 Å². The lowest BCUT2D eigenvalue weighted by Crippen LogP contribution is -2.31. The highest BCUT2D eigenvalue weighted by atomic mass is 16.1. The zero-order valence-corrected chi connectivity index (χ0v) is 10.6. The molecule has 1 amide bonds. The third-order valence-corrected chi connectivity index (χ3v) is 2.95. The number of aromatic nitrogens is 1. The number of nitrogens with one attached hydrogen (secondary N) is 2. The highest BCUT2D eigenvalue weighted by Crippen LogP contribution is 2.25. The van der Waals surface area contributed by atoms with Gasteiger partial charge in [-0.05, 0) is 31.0 Å². The van der Waals surface area contributed by atoms with Crippen molar-refractivity contribution >= 4 is 16.8 Å². The van der Waals surface area contributed by atoms with Crippen LogP contribution >= 0.6 is 0 Å². The Hall–Kier alpha value is -1.77. The number of carbonyl (C=O) groups is 1. The quantitative estimate of drug-likeness (QED) is 0.718. The van der Waals surface area contributed by atoms with E-state index in [0.717, 1.165) is 29.7 Å². The molecule has 2 heterocycles. The normalized spacial score (nSPS) is 13.7. The van der Waals surface area contributed by atoms with E-state index in [-0.39, 0.29) is 5.91 Å². The molecule has 0 radical (unpaired) electrons. The third kappa shape index (κ3) is 1.93. The van der Waals surface area contributed by atoms with Gasteiger partial charge in [-0.2, -0.15) is 0 Å². The molecule has 3 heteroatoms. The van der Waals surface area contributed by atoms with Gasteiger partial charge in [0.1, 0.15) is 5.69 Å². The molecule has 3 nitrogen and oxygen atoms in total. The summed E-state index contributed by atoms with van der Waals surface area (Å²) >= 11 is 0. The molecule has 0 unspecified atom stereocenters. The Bertz CT molecular complexity index is 555. The van der Waals surface area contributed by atoms with E-state index in [1.807, 2.05) is 19.9 Å². The monoisotopic (exact) mass is 230 g/mol. The van der Waals surface area contributed by atoms with Crippen LogP contribution in [0.5, 0.6) is 0 Å². The number of hydrogen-bond donors (Lipinski definition) is 2. The van der Waals surface area contributed by atoms with E-state index >= 15 is 0 Å². The van der Waals surface area contributed by atoms with Crippen LogP contribution in [0.3, 0.4) is 0 Å². The maximum absolute atomic E-state index is 11.6. The van der Waals surface area contributed by atoms with Crippen LogP contribution in [0, 0.1) is 6.92 Å². The Morgan fingerprint density at radius 1 is 1.24 bits per heavy atom. The number of carbonyl (C=O) groups excluding carboxylic acids is 1. The molecule has 90 valence electrons. The van der Waals surface area contributed by atoms with Gasteiger partial charge in [-0.1, -0.05) is 25.5 Å². The largest absolute Gasteiger partial charge is 0.350 e. The fourth-order valence-electron chi connectivity index (χ4n) is 2.20. The van der Waals surface area contributed by atoms with E-state index in [2.05, 4.69) is 29.4 Å². The number of aryl methyl sites for hydroxylation is 1. The molecule has 0 bridgehead atoms. The van der Waals surface area contributed by atoms with Crippen LogP contribution in [0.4, 0.5) is 0 Å². The van der Waals surface area contributed by atoms with Crippen LogP contribution in [0.2, 0.25) is 0 Å². The summed E-state index contributed by atoms with van der Waals surface area (Å²) in [4.78, 5) is 14.8. The summed E-state index contributed by atoms with van der Waals surface area (Å²) in [5.41, 5.74) is 4.19. The molecular formula is C14H18N2O. The Labute approximate surface area is 101 Å². The Balaban J connectivity index is 0.000000514. The van der Waals surface area contributed by atoms with E-state index in [1.165, 1.54) is 10.9 Å². The van der Waals surface area contributed by atoms with Gasteiger partial charge in [0.15, 0.2) is 0 Å². The second-order valence-electron chi connectivity index (χ2n) is 4.03. The molecule has 3 rings (SSSR count). The zero-order valence-electron chi connectivity index (χ0n) is 10.6. The summed E-state index contributed by atoms with van der Waals surface area (Å²) in [6.07, 6.45) is 0.921. The minimum atomic E-state index is 0.0186. The number of aromatic amines is 1. The fraction of sp³-hybridized carbons (Fsp3) is 0.357. The molecule has 2 N–H and O–H groups in total. The lowest BCUT2D eigenvalue weighted by atomic mass is 10.0.